The van der Waals surface area contributed by atoms with Gasteiger partial charge in [-0.3, -0.25) is 0 Å². The predicted octanol–water partition coefficient (Wildman–Crippen LogP) is 8.23. The fourth-order valence-corrected chi connectivity index (χ4v) is 4.80. The van der Waals surface area contributed by atoms with Gasteiger partial charge in [0.05, 0.1) is 22.3 Å². The van der Waals surface area contributed by atoms with E-state index in [-0.39, 0.29) is 52.8 Å². The van der Waals surface area contributed by atoms with Crippen molar-refractivity contribution in [2.45, 2.75) is 37.5 Å². The lowest BCUT2D eigenvalue weighted by atomic mass is 9.89. The molecule has 3 aromatic rings. The van der Waals surface area contributed by atoms with Crippen LogP contribution in [0.25, 0.3) is 11.3 Å². The maximum atomic E-state index is 13.6. The monoisotopic (exact) mass is 712 g/mol. The van der Waals surface area contributed by atoms with Gasteiger partial charge in [0.15, 0.2) is 0 Å². The predicted molar refractivity (Wildman–Crippen MR) is 144 cm³/mol. The van der Waals surface area contributed by atoms with Gasteiger partial charge in [0.2, 0.25) is 0 Å². The van der Waals surface area contributed by atoms with Crippen molar-refractivity contribution in [1.82, 2.24) is 0 Å². The summed E-state index contributed by atoms with van der Waals surface area (Å²) in [4.78, 5) is 0. The summed E-state index contributed by atoms with van der Waals surface area (Å²) in [5.41, 5.74) is -9.34. The molecule has 3 aromatic carbocycles. The third-order valence-electron chi connectivity index (χ3n) is 6.98. The summed E-state index contributed by atoms with van der Waals surface area (Å²) in [5, 5.41) is 37.3. The average molecular weight is 712 g/mol. The number of halogens is 12. The van der Waals surface area contributed by atoms with Gasteiger partial charge < -0.3 is 9.47 Å². The molecule has 0 unspecified atom stereocenters. The van der Waals surface area contributed by atoms with Crippen LogP contribution in [0.2, 0.25) is 0 Å². The topological polar surface area (TPSA) is 114 Å². The van der Waals surface area contributed by atoms with Gasteiger partial charge in [-0.15, -0.1) is 0 Å². The minimum atomic E-state index is -5.32. The lowest BCUT2D eigenvalue weighted by Gasteiger charge is -2.23. The molecule has 0 bridgehead atoms. The van der Waals surface area contributed by atoms with E-state index in [1.54, 1.807) is 0 Å². The van der Waals surface area contributed by atoms with Crippen LogP contribution in [0.3, 0.4) is 0 Å². The molecule has 0 spiro atoms. The summed E-state index contributed by atoms with van der Waals surface area (Å²) in [6.45, 7) is 0. The molecular formula is C32H12F12N4O2. The summed E-state index contributed by atoms with van der Waals surface area (Å²) in [7, 11) is 0. The van der Waals surface area contributed by atoms with Crippen molar-refractivity contribution >= 4 is 11.3 Å². The highest BCUT2D eigenvalue weighted by Crippen LogP contribution is 2.42. The van der Waals surface area contributed by atoms with E-state index in [0.29, 0.717) is 0 Å². The molecule has 0 saturated carbocycles. The quantitative estimate of drug-likeness (QED) is 0.199. The molecule has 0 saturated heterocycles. The number of nitrogens with zero attached hydrogens (tertiary/aromatic N) is 4. The zero-order valence-corrected chi connectivity index (χ0v) is 24.2. The molecule has 4 rings (SSSR count). The largest absolute Gasteiger partial charge is 0.456 e. The van der Waals surface area contributed by atoms with Gasteiger partial charge in [-0.25, -0.2) is 0 Å². The number of rotatable bonds is 4. The molecule has 1 aliphatic rings. The number of hydrogen-bond donors (Lipinski definition) is 0. The fraction of sp³-hybridized carbons (Fsp3) is 0.188. The second-order valence-electron chi connectivity index (χ2n) is 10.2. The molecule has 256 valence electrons. The number of hydrogen-bond acceptors (Lipinski definition) is 6. The Morgan fingerprint density at radius 3 is 1.30 bits per heavy atom. The Hall–Kier alpha value is -6.14. The van der Waals surface area contributed by atoms with Crippen LogP contribution >= 0.6 is 0 Å². The summed E-state index contributed by atoms with van der Waals surface area (Å²) < 4.78 is 174. The van der Waals surface area contributed by atoms with E-state index < -0.39 is 99.2 Å². The summed E-state index contributed by atoms with van der Waals surface area (Å²) >= 11 is 0. The third kappa shape index (κ3) is 7.61. The molecule has 0 heterocycles. The fourth-order valence-electron chi connectivity index (χ4n) is 4.80. The van der Waals surface area contributed by atoms with Gasteiger partial charge in [0.1, 0.15) is 58.4 Å². The summed E-state index contributed by atoms with van der Waals surface area (Å²) in [6.07, 6.45) is -22.2. The van der Waals surface area contributed by atoms with Crippen molar-refractivity contribution in [3.05, 3.63) is 97.9 Å². The van der Waals surface area contributed by atoms with Crippen LogP contribution < -0.4 is 19.9 Å². The minimum absolute atomic E-state index is 0.177. The third-order valence-corrected chi connectivity index (χ3v) is 6.98. The number of allylic oxidation sites excluding steroid dienone is 1. The Morgan fingerprint density at radius 1 is 0.520 bits per heavy atom. The lowest BCUT2D eigenvalue weighted by molar-refractivity contribution is -0.144. The Kier molecular flexibility index (Phi) is 9.58. The van der Waals surface area contributed by atoms with Gasteiger partial charge >= 0.3 is 24.7 Å². The number of nitriles is 4. The van der Waals surface area contributed by atoms with Crippen molar-refractivity contribution in [3.8, 4) is 41.5 Å². The molecule has 6 nitrogen and oxygen atoms in total. The normalized spacial score (nSPS) is 13.3. The van der Waals surface area contributed by atoms with Crippen LogP contribution in [0, 0.1) is 45.3 Å². The Labute approximate surface area is 271 Å². The molecule has 0 fully saturated rings. The SMILES string of the molecule is N#CC(C#N)=C1CCc2c(Oc3cc(C(F)(F)F)cc(C(F)(F)F)c3)c(=C(C#N)C#N)ccc2=C1Oc1cc(C(F)(F)F)cc(C(F)(F)F)c1. The maximum absolute atomic E-state index is 13.6. The van der Waals surface area contributed by atoms with Crippen molar-refractivity contribution in [3.63, 3.8) is 0 Å². The second-order valence-corrected chi connectivity index (χ2v) is 10.2. The number of fused-ring (bicyclic) bond motifs is 1. The molecule has 0 N–H and O–H groups in total. The highest BCUT2D eigenvalue weighted by molar-refractivity contribution is 5.76. The molecule has 0 radical (unpaired) electrons. The molecule has 0 amide bonds. The Balaban J connectivity index is 2.14. The van der Waals surface area contributed by atoms with E-state index >= 15 is 0 Å². The van der Waals surface area contributed by atoms with Crippen molar-refractivity contribution in [1.29, 1.82) is 21.0 Å². The first-order valence-corrected chi connectivity index (χ1v) is 13.3. The van der Waals surface area contributed by atoms with E-state index in [9.17, 15) is 73.7 Å². The van der Waals surface area contributed by atoms with Crippen molar-refractivity contribution in [2.24, 2.45) is 0 Å². The molecule has 0 aromatic heterocycles. The molecule has 50 heavy (non-hydrogen) atoms. The van der Waals surface area contributed by atoms with Gasteiger partial charge in [-0.05, 0) is 55.3 Å². The van der Waals surface area contributed by atoms with Gasteiger partial charge in [0, 0.05) is 21.6 Å². The van der Waals surface area contributed by atoms with E-state index in [1.165, 1.54) is 24.3 Å². The Bertz CT molecular complexity index is 2120. The summed E-state index contributed by atoms with van der Waals surface area (Å²) in [6, 6.07) is 8.16. The van der Waals surface area contributed by atoms with E-state index in [2.05, 4.69) is 0 Å². The smallest absolute Gasteiger partial charge is 0.416 e. The zero-order chi connectivity index (χ0) is 37.4. The van der Waals surface area contributed by atoms with E-state index in [4.69, 9.17) is 9.47 Å². The zero-order valence-electron chi connectivity index (χ0n) is 24.2. The van der Waals surface area contributed by atoms with Crippen LogP contribution in [-0.2, 0) is 31.1 Å². The van der Waals surface area contributed by atoms with E-state index in [1.807, 2.05) is 0 Å². The van der Waals surface area contributed by atoms with Gasteiger partial charge in [-0.2, -0.15) is 73.7 Å². The molecule has 0 aliphatic heterocycles. The average Bonchev–Trinajstić information content (AvgIpc) is 3.02. The highest BCUT2D eigenvalue weighted by atomic mass is 19.4. The van der Waals surface area contributed by atoms with Crippen LogP contribution in [0.1, 0.15) is 34.2 Å². The first-order chi connectivity index (χ1) is 23.1. The van der Waals surface area contributed by atoms with Crippen molar-refractivity contribution < 1.29 is 62.2 Å². The first kappa shape index (κ1) is 36.7. The van der Waals surface area contributed by atoms with Crippen LogP contribution in [0.5, 0.6) is 17.2 Å². The van der Waals surface area contributed by atoms with Gasteiger partial charge in [-0.1, -0.05) is 6.07 Å². The summed E-state index contributed by atoms with van der Waals surface area (Å²) in [5.74, 6) is -3.60. The van der Waals surface area contributed by atoms with Gasteiger partial charge in [0.25, 0.3) is 0 Å². The van der Waals surface area contributed by atoms with Crippen LogP contribution in [0.15, 0.2) is 59.7 Å². The number of ether oxygens (including phenoxy) is 2. The standard InChI is InChI=1S/C32H12F12N4O2/c33-29(34,35)17-5-18(30(36,37)38)8-21(7-17)49-27-23(15(11-45)12-46)1-3-25-26(27)4-2-24(16(13-47)14-48)28(25)50-22-9-19(31(39,40)41)6-20(10-22)32(42,43)44/h1,3,5-10H,2,4H2. The molecule has 0 atom stereocenters. The lowest BCUT2D eigenvalue weighted by Crippen LogP contribution is -2.28. The highest BCUT2D eigenvalue weighted by Gasteiger charge is 2.39. The number of benzene rings is 3. The first-order valence-electron chi connectivity index (χ1n) is 13.3. The van der Waals surface area contributed by atoms with Crippen LogP contribution in [0.4, 0.5) is 52.7 Å². The molecule has 1 aliphatic carbocycles. The van der Waals surface area contributed by atoms with Crippen LogP contribution in [-0.4, -0.2) is 0 Å². The van der Waals surface area contributed by atoms with E-state index in [0.717, 1.165) is 12.1 Å². The van der Waals surface area contributed by atoms with Crippen molar-refractivity contribution in [2.75, 3.05) is 0 Å². The maximum Gasteiger partial charge on any atom is 0.416 e. The second kappa shape index (κ2) is 13.1. The Morgan fingerprint density at radius 2 is 0.920 bits per heavy atom. The molecular weight excluding hydrogens is 700 g/mol. The minimum Gasteiger partial charge on any atom is -0.456 e. The number of alkyl halides is 12. The molecule has 18 heteroatoms.